The van der Waals surface area contributed by atoms with E-state index in [1.807, 2.05) is 25.1 Å². The van der Waals surface area contributed by atoms with Crippen LogP contribution in [0.15, 0.2) is 66.7 Å². The van der Waals surface area contributed by atoms with E-state index in [9.17, 15) is 19.5 Å². The van der Waals surface area contributed by atoms with Gasteiger partial charge in [0, 0.05) is 48.2 Å². The molecule has 4 N–H and O–H groups in total. The Morgan fingerprint density at radius 3 is 2.39 bits per heavy atom. The highest BCUT2D eigenvalue weighted by Crippen LogP contribution is 2.34. The highest BCUT2D eigenvalue weighted by molar-refractivity contribution is 6.00. The van der Waals surface area contributed by atoms with Gasteiger partial charge in [-0.05, 0) is 49.4 Å². The maximum Gasteiger partial charge on any atom is 0.323 e. The molecule has 44 heavy (non-hydrogen) atoms. The van der Waals surface area contributed by atoms with Gasteiger partial charge in [-0.3, -0.25) is 4.79 Å². The molecule has 0 spiro atoms. The number of ether oxygens (including phenoxy) is 3. The molecule has 2 aliphatic heterocycles. The van der Waals surface area contributed by atoms with Gasteiger partial charge < -0.3 is 45.1 Å². The first kappa shape index (κ1) is 30.5. The molecule has 12 heteroatoms. The lowest BCUT2D eigenvalue weighted by molar-refractivity contribution is -0.134. The number of hydrogen-bond acceptors (Lipinski definition) is 7. The van der Waals surface area contributed by atoms with Crippen molar-refractivity contribution in [1.29, 1.82) is 0 Å². The van der Waals surface area contributed by atoms with Gasteiger partial charge in [-0.25, -0.2) is 9.59 Å². The molecule has 0 saturated heterocycles. The molecule has 0 unspecified atom stereocenters. The first-order valence-corrected chi connectivity index (χ1v) is 14.4. The number of carbonyl (C=O) groups is 3. The van der Waals surface area contributed by atoms with Crippen LogP contribution in [0.4, 0.5) is 26.7 Å². The first-order chi connectivity index (χ1) is 21.2. The van der Waals surface area contributed by atoms with Crippen molar-refractivity contribution in [3.8, 4) is 17.2 Å². The number of rotatable bonds is 7. The molecule has 3 aromatic carbocycles. The van der Waals surface area contributed by atoms with Crippen LogP contribution in [-0.2, 0) is 11.2 Å². The summed E-state index contributed by atoms with van der Waals surface area (Å²) in [6.45, 7) is 4.21. The number of fused-ring (bicyclic) bond motifs is 2. The molecule has 0 aliphatic carbocycles. The minimum absolute atomic E-state index is 0.00930. The zero-order valence-corrected chi connectivity index (χ0v) is 24.9. The van der Waals surface area contributed by atoms with E-state index in [1.54, 1.807) is 67.4 Å². The van der Waals surface area contributed by atoms with E-state index in [2.05, 4.69) is 16.0 Å². The van der Waals surface area contributed by atoms with E-state index in [0.717, 1.165) is 0 Å². The van der Waals surface area contributed by atoms with E-state index < -0.39 is 18.2 Å². The Morgan fingerprint density at radius 1 is 0.955 bits per heavy atom. The second-order valence-electron chi connectivity index (χ2n) is 11.0. The maximum atomic E-state index is 13.5. The minimum atomic E-state index is -0.499. The van der Waals surface area contributed by atoms with Crippen LogP contribution in [0.3, 0.4) is 0 Å². The number of aliphatic hydroxyl groups is 1. The number of hydrogen-bond donors (Lipinski definition) is 4. The minimum Gasteiger partial charge on any atom is -0.488 e. The van der Waals surface area contributed by atoms with Crippen LogP contribution in [-0.4, -0.2) is 78.6 Å². The molecule has 5 amide bonds. The van der Waals surface area contributed by atoms with Gasteiger partial charge in [0.15, 0.2) is 11.5 Å². The summed E-state index contributed by atoms with van der Waals surface area (Å²) in [5, 5.41) is 18.4. The fourth-order valence-corrected chi connectivity index (χ4v) is 5.09. The monoisotopic (exact) mass is 603 g/mol. The third-order valence-corrected chi connectivity index (χ3v) is 7.63. The zero-order valence-electron chi connectivity index (χ0n) is 24.9. The standard InChI is InChI=1S/C32H37N5O7/c1-20-16-37(21(2)18-38)30(39)14-22-13-24(34-31(40)33-23-7-5-4-6-8-23)9-11-26(22)44-29(20)17-36(3)32(41)35-25-10-12-27-28(15-25)43-19-42-27/h4-13,15,20-21,29,38H,14,16-19H2,1-3H3,(H,35,41)(H2,33,34,40)/t20-,21-,29-/m1/s1. The number of para-hydroxylation sites is 1. The zero-order chi connectivity index (χ0) is 31.2. The number of anilines is 3. The summed E-state index contributed by atoms with van der Waals surface area (Å²) in [6, 6.07) is 18.2. The van der Waals surface area contributed by atoms with Gasteiger partial charge in [0.1, 0.15) is 11.9 Å². The van der Waals surface area contributed by atoms with Gasteiger partial charge >= 0.3 is 12.1 Å². The molecule has 3 atom stereocenters. The summed E-state index contributed by atoms with van der Waals surface area (Å²) < 4.78 is 17.2. The molecular formula is C32H37N5O7. The molecular weight excluding hydrogens is 566 g/mol. The number of aliphatic hydroxyl groups excluding tert-OH is 1. The lowest BCUT2D eigenvalue weighted by atomic mass is 10.0. The molecule has 3 aromatic rings. The van der Waals surface area contributed by atoms with Crippen LogP contribution >= 0.6 is 0 Å². The van der Waals surface area contributed by atoms with Crippen molar-refractivity contribution in [2.24, 2.45) is 5.92 Å². The molecule has 2 heterocycles. The number of urea groups is 2. The second kappa shape index (κ2) is 13.6. The summed E-state index contributed by atoms with van der Waals surface area (Å²) in [5.41, 5.74) is 2.27. The average Bonchev–Trinajstić information content (AvgIpc) is 3.49. The number of nitrogens with zero attached hydrogens (tertiary/aromatic N) is 2. The normalized spacial score (nSPS) is 18.1. The molecule has 232 valence electrons. The van der Waals surface area contributed by atoms with Crippen molar-refractivity contribution in [2.45, 2.75) is 32.4 Å². The Balaban J connectivity index is 1.34. The van der Waals surface area contributed by atoms with E-state index in [4.69, 9.17) is 14.2 Å². The van der Waals surface area contributed by atoms with Crippen LogP contribution in [0.1, 0.15) is 19.4 Å². The van der Waals surface area contributed by atoms with Crippen LogP contribution < -0.4 is 30.2 Å². The van der Waals surface area contributed by atoms with E-state index in [0.29, 0.717) is 46.4 Å². The molecule has 5 rings (SSSR count). The van der Waals surface area contributed by atoms with Crippen molar-refractivity contribution >= 4 is 35.0 Å². The molecule has 0 fully saturated rings. The molecule has 12 nitrogen and oxygen atoms in total. The third-order valence-electron chi connectivity index (χ3n) is 7.63. The van der Waals surface area contributed by atoms with Crippen molar-refractivity contribution in [3.05, 3.63) is 72.3 Å². The second-order valence-corrected chi connectivity index (χ2v) is 11.0. The lowest BCUT2D eigenvalue weighted by Crippen LogP contribution is -2.48. The molecule has 0 bridgehead atoms. The van der Waals surface area contributed by atoms with E-state index >= 15 is 0 Å². The van der Waals surface area contributed by atoms with Crippen LogP contribution in [0.2, 0.25) is 0 Å². The smallest absolute Gasteiger partial charge is 0.323 e. The third kappa shape index (κ3) is 7.32. The van der Waals surface area contributed by atoms with Gasteiger partial charge in [-0.2, -0.15) is 0 Å². The Kier molecular flexibility index (Phi) is 9.39. The summed E-state index contributed by atoms with van der Waals surface area (Å²) >= 11 is 0. The summed E-state index contributed by atoms with van der Waals surface area (Å²) in [7, 11) is 1.67. The molecule has 0 saturated carbocycles. The lowest BCUT2D eigenvalue weighted by Gasteiger charge is -2.34. The molecule has 0 aromatic heterocycles. The number of likely N-dealkylation sites (N-methyl/N-ethyl adjacent to an activating group) is 1. The Morgan fingerprint density at radius 2 is 1.64 bits per heavy atom. The molecule has 0 radical (unpaired) electrons. The van der Waals surface area contributed by atoms with Crippen molar-refractivity contribution < 1.29 is 33.7 Å². The predicted octanol–water partition coefficient (Wildman–Crippen LogP) is 4.37. The fraction of sp³-hybridized carbons (Fsp3) is 0.344. The first-order valence-electron chi connectivity index (χ1n) is 14.4. The highest BCUT2D eigenvalue weighted by atomic mass is 16.7. The van der Waals surface area contributed by atoms with Crippen molar-refractivity contribution in [1.82, 2.24) is 9.80 Å². The van der Waals surface area contributed by atoms with Crippen LogP contribution in [0, 0.1) is 5.92 Å². The van der Waals surface area contributed by atoms with Crippen molar-refractivity contribution in [2.75, 3.05) is 49.5 Å². The summed E-state index contributed by atoms with van der Waals surface area (Å²) in [5.74, 6) is 1.28. The highest BCUT2D eigenvalue weighted by Gasteiger charge is 2.32. The van der Waals surface area contributed by atoms with Crippen molar-refractivity contribution in [3.63, 3.8) is 0 Å². The fourth-order valence-electron chi connectivity index (χ4n) is 5.09. The topological polar surface area (TPSA) is 142 Å². The van der Waals surface area contributed by atoms with Gasteiger partial charge in [0.05, 0.1) is 25.6 Å². The Bertz CT molecular complexity index is 1500. The summed E-state index contributed by atoms with van der Waals surface area (Å²) in [6.07, 6.45) is -0.490. The number of carbonyl (C=O) groups excluding carboxylic acids is 3. The van der Waals surface area contributed by atoms with Gasteiger partial charge in [-0.15, -0.1) is 0 Å². The van der Waals surface area contributed by atoms with Gasteiger partial charge in [0.2, 0.25) is 12.7 Å². The van der Waals surface area contributed by atoms with E-state index in [-0.39, 0.29) is 44.2 Å². The maximum absolute atomic E-state index is 13.5. The van der Waals surface area contributed by atoms with Gasteiger partial charge in [-0.1, -0.05) is 25.1 Å². The molecule has 2 aliphatic rings. The number of amides is 5. The Hall–Kier alpha value is -4.97. The quantitative estimate of drug-likeness (QED) is 0.314. The van der Waals surface area contributed by atoms with E-state index in [1.165, 1.54) is 4.90 Å². The Labute approximate surface area is 255 Å². The number of nitrogens with one attached hydrogen (secondary N) is 3. The number of benzene rings is 3. The largest absolute Gasteiger partial charge is 0.488 e. The summed E-state index contributed by atoms with van der Waals surface area (Å²) in [4.78, 5) is 42.4. The average molecular weight is 604 g/mol. The van der Waals surface area contributed by atoms with Crippen LogP contribution in [0.5, 0.6) is 17.2 Å². The SMILES string of the molecule is C[C@@H]1CN([C@H](C)CO)C(=O)Cc2cc(NC(=O)Nc3ccccc3)ccc2O[C@@H]1CN(C)C(=O)Nc1ccc2c(c1)OCO2. The van der Waals surface area contributed by atoms with Gasteiger partial charge in [0.25, 0.3) is 0 Å². The predicted molar refractivity (Wildman–Crippen MR) is 165 cm³/mol. The van der Waals surface area contributed by atoms with Crippen LogP contribution in [0.25, 0.3) is 0 Å².